The fourth-order valence-corrected chi connectivity index (χ4v) is 4.03. The van der Waals surface area contributed by atoms with Crippen molar-refractivity contribution in [2.45, 2.75) is 38.9 Å². The number of carbonyl (C=O) groups excluding carboxylic acids is 1. The van der Waals surface area contributed by atoms with Crippen molar-refractivity contribution in [2.75, 3.05) is 40.5 Å². The van der Waals surface area contributed by atoms with E-state index >= 15 is 0 Å². The molecule has 2 aliphatic rings. The molecule has 188 valence electrons. The monoisotopic (exact) mass is 493 g/mol. The number of amides is 1. The summed E-state index contributed by atoms with van der Waals surface area (Å²) >= 11 is 0. The van der Waals surface area contributed by atoms with Crippen LogP contribution in [-0.2, 0) is 9.53 Å². The highest BCUT2D eigenvalue weighted by Gasteiger charge is 2.36. The Labute approximate surface area is 208 Å². The van der Waals surface area contributed by atoms with Crippen molar-refractivity contribution in [1.82, 2.24) is 15.0 Å². The summed E-state index contributed by atoms with van der Waals surface area (Å²) in [6.45, 7) is 9.81. The lowest BCUT2D eigenvalue weighted by atomic mass is 10.1. The first-order valence-corrected chi connectivity index (χ1v) is 11.7. The molecule has 0 spiro atoms. The fraction of sp³-hybridized carbons (Fsp3) is 0.360. The number of fused-ring (bicyclic) bond motifs is 1. The van der Waals surface area contributed by atoms with Crippen LogP contribution in [0.3, 0.4) is 0 Å². The number of ether oxygens (including phenoxy) is 2. The number of rotatable bonds is 5. The number of anilines is 6. The van der Waals surface area contributed by atoms with Gasteiger partial charge in [0.2, 0.25) is 5.95 Å². The Bertz CT molecular complexity index is 1300. The number of hydrogen-bond donors (Lipinski definition) is 3. The number of benzene rings is 1. The number of aromatic nitrogens is 3. The largest absolute Gasteiger partial charge is 0.474 e. The lowest BCUT2D eigenvalue weighted by Gasteiger charge is -2.39. The van der Waals surface area contributed by atoms with E-state index in [4.69, 9.17) is 9.47 Å². The number of nitrogens with one attached hydrogen (secondary N) is 3. The smallest absolute Gasteiger partial charge is 0.269 e. The van der Waals surface area contributed by atoms with E-state index < -0.39 is 11.4 Å². The topological polar surface area (TPSA) is 114 Å². The lowest BCUT2D eigenvalue weighted by molar-refractivity contribution is -0.129. The number of carbonyl (C=O) groups is 1. The van der Waals surface area contributed by atoms with Crippen molar-refractivity contribution in [3.05, 3.63) is 48.4 Å². The van der Waals surface area contributed by atoms with Gasteiger partial charge in [-0.1, -0.05) is 0 Å². The predicted molar refractivity (Wildman–Crippen MR) is 135 cm³/mol. The Kier molecular flexibility index (Phi) is 5.87. The van der Waals surface area contributed by atoms with Crippen LogP contribution >= 0.6 is 0 Å². The Morgan fingerprint density at radius 3 is 2.58 bits per heavy atom. The molecule has 1 amide bonds. The summed E-state index contributed by atoms with van der Waals surface area (Å²) in [6.07, 6.45) is 1.08. The van der Waals surface area contributed by atoms with Crippen LogP contribution in [0, 0.1) is 5.82 Å². The summed E-state index contributed by atoms with van der Waals surface area (Å²) in [6, 6.07) is 11.1. The molecule has 0 radical (unpaired) electrons. The van der Waals surface area contributed by atoms with Crippen LogP contribution in [0.15, 0.2) is 42.6 Å². The highest BCUT2D eigenvalue weighted by Crippen LogP contribution is 2.33. The molecule has 3 N–H and O–H groups in total. The van der Waals surface area contributed by atoms with Crippen LogP contribution < -0.4 is 25.6 Å². The maximum atomic E-state index is 14.5. The maximum Gasteiger partial charge on any atom is 0.269 e. The van der Waals surface area contributed by atoms with Crippen molar-refractivity contribution in [1.29, 1.82) is 0 Å². The SMILES string of the molecule is CC1(C)CN(c2ccc(Nc3ncc(F)c(Nc4ccc5c(n4)NC(=O)C(C)(C)O5)n3)cc2)CCO1. The van der Waals surface area contributed by atoms with Gasteiger partial charge in [-0.2, -0.15) is 4.98 Å². The summed E-state index contributed by atoms with van der Waals surface area (Å²) in [5.41, 5.74) is 0.665. The molecule has 36 heavy (non-hydrogen) atoms. The number of morpholine rings is 1. The van der Waals surface area contributed by atoms with Crippen molar-refractivity contribution < 1.29 is 18.7 Å². The molecule has 1 fully saturated rings. The summed E-state index contributed by atoms with van der Waals surface area (Å²) < 4.78 is 25.9. The lowest BCUT2D eigenvalue weighted by Crippen LogP contribution is -2.48. The van der Waals surface area contributed by atoms with Crippen molar-refractivity contribution in [3.63, 3.8) is 0 Å². The first-order valence-electron chi connectivity index (χ1n) is 11.7. The molecule has 0 bridgehead atoms. The molecule has 0 atom stereocenters. The summed E-state index contributed by atoms with van der Waals surface area (Å²) in [4.78, 5) is 27.1. The number of hydrogen-bond acceptors (Lipinski definition) is 9. The third-order valence-corrected chi connectivity index (χ3v) is 5.91. The summed E-state index contributed by atoms with van der Waals surface area (Å²) in [5.74, 6) is 0.166. The molecule has 0 unspecified atom stereocenters. The molecular formula is C25H28FN7O3. The van der Waals surface area contributed by atoms with E-state index in [1.54, 1.807) is 26.0 Å². The molecule has 10 nitrogen and oxygen atoms in total. The van der Waals surface area contributed by atoms with E-state index in [9.17, 15) is 9.18 Å². The molecule has 0 aliphatic carbocycles. The predicted octanol–water partition coefficient (Wildman–Crippen LogP) is 4.22. The van der Waals surface area contributed by atoms with Gasteiger partial charge in [0.05, 0.1) is 18.4 Å². The molecule has 3 aromatic rings. The van der Waals surface area contributed by atoms with Crippen LogP contribution in [0.1, 0.15) is 27.7 Å². The first-order chi connectivity index (χ1) is 17.1. The second kappa shape index (κ2) is 8.90. The highest BCUT2D eigenvalue weighted by atomic mass is 19.1. The maximum absolute atomic E-state index is 14.5. The number of halogens is 1. The van der Waals surface area contributed by atoms with Crippen molar-refractivity contribution in [2.24, 2.45) is 0 Å². The first kappa shape index (κ1) is 23.7. The molecule has 4 heterocycles. The molecule has 0 saturated carbocycles. The van der Waals surface area contributed by atoms with Gasteiger partial charge >= 0.3 is 0 Å². The average Bonchev–Trinajstić information content (AvgIpc) is 2.82. The number of nitrogens with zero attached hydrogens (tertiary/aromatic N) is 4. The van der Waals surface area contributed by atoms with E-state index in [0.717, 1.165) is 30.7 Å². The second-order valence-corrected chi connectivity index (χ2v) is 9.83. The van der Waals surface area contributed by atoms with E-state index in [-0.39, 0.29) is 29.1 Å². The van der Waals surface area contributed by atoms with Gasteiger partial charge in [-0.3, -0.25) is 4.79 Å². The highest BCUT2D eigenvalue weighted by molar-refractivity contribution is 5.99. The Morgan fingerprint density at radius 1 is 1.06 bits per heavy atom. The van der Waals surface area contributed by atoms with Crippen molar-refractivity contribution in [3.8, 4) is 5.75 Å². The van der Waals surface area contributed by atoms with Gasteiger partial charge in [-0.25, -0.2) is 14.4 Å². The molecule has 5 rings (SSSR count). The number of pyridine rings is 1. The Balaban J connectivity index is 1.29. The van der Waals surface area contributed by atoms with E-state index in [2.05, 4.69) is 49.6 Å². The van der Waals surface area contributed by atoms with E-state index in [1.165, 1.54) is 0 Å². The fourth-order valence-electron chi connectivity index (χ4n) is 4.03. The quantitative estimate of drug-likeness (QED) is 0.481. The standard InChI is InChI=1S/C25H28FN7O3/c1-24(2)14-33(11-12-35-24)16-7-5-15(6-8-16)28-23-27-13-17(26)20(32-23)29-19-10-9-18-21(30-19)31-22(34)25(3,4)36-18/h5-10,13H,11-12,14H2,1-4H3,(H3,27,28,29,30,31,32,34). The summed E-state index contributed by atoms with van der Waals surface area (Å²) in [7, 11) is 0. The van der Waals surface area contributed by atoms with Crippen LogP contribution in [0.4, 0.5) is 39.2 Å². The van der Waals surface area contributed by atoms with Gasteiger partial charge in [0.15, 0.2) is 28.8 Å². The molecule has 2 aliphatic heterocycles. The van der Waals surface area contributed by atoms with Gasteiger partial charge in [0.1, 0.15) is 5.82 Å². The third-order valence-electron chi connectivity index (χ3n) is 5.91. The van der Waals surface area contributed by atoms with Gasteiger partial charge in [-0.05, 0) is 64.1 Å². The van der Waals surface area contributed by atoms with E-state index in [0.29, 0.717) is 18.2 Å². The van der Waals surface area contributed by atoms with Gasteiger partial charge in [0, 0.05) is 24.5 Å². The zero-order valence-corrected chi connectivity index (χ0v) is 20.6. The van der Waals surface area contributed by atoms with Crippen LogP contribution in [0.2, 0.25) is 0 Å². The van der Waals surface area contributed by atoms with Crippen LogP contribution in [0.5, 0.6) is 5.75 Å². The minimum Gasteiger partial charge on any atom is -0.474 e. The Hall–Kier alpha value is -3.99. The molecule has 2 aromatic heterocycles. The third kappa shape index (κ3) is 5.01. The average molecular weight is 494 g/mol. The van der Waals surface area contributed by atoms with Gasteiger partial charge in [0.25, 0.3) is 5.91 Å². The van der Waals surface area contributed by atoms with Crippen molar-refractivity contribution >= 4 is 40.7 Å². The minimum atomic E-state index is -1.00. The Morgan fingerprint density at radius 2 is 1.83 bits per heavy atom. The molecule has 1 aromatic carbocycles. The van der Waals surface area contributed by atoms with Crippen LogP contribution in [0.25, 0.3) is 0 Å². The van der Waals surface area contributed by atoms with Crippen LogP contribution in [-0.4, -0.2) is 51.8 Å². The summed E-state index contributed by atoms with van der Waals surface area (Å²) in [5, 5.41) is 8.64. The second-order valence-electron chi connectivity index (χ2n) is 9.83. The van der Waals surface area contributed by atoms with Gasteiger partial charge in [-0.15, -0.1) is 0 Å². The van der Waals surface area contributed by atoms with E-state index in [1.807, 2.05) is 24.3 Å². The minimum absolute atomic E-state index is 0.0597. The van der Waals surface area contributed by atoms with Gasteiger partial charge < -0.3 is 30.3 Å². The molecule has 11 heteroatoms. The molecule has 1 saturated heterocycles. The zero-order chi connectivity index (χ0) is 25.5. The zero-order valence-electron chi connectivity index (χ0n) is 20.6. The normalized spacial score (nSPS) is 18.0. The molecular weight excluding hydrogens is 465 g/mol.